The number of aromatic nitrogens is 2. The maximum absolute atomic E-state index is 12.6. The van der Waals surface area contributed by atoms with Crippen LogP contribution in [0.2, 0.25) is 5.02 Å². The first kappa shape index (κ1) is 15.8. The van der Waals surface area contributed by atoms with Crippen LogP contribution in [-0.2, 0) is 0 Å². The predicted octanol–water partition coefficient (Wildman–Crippen LogP) is 3.41. The molecular weight excluding hydrogens is 318 g/mol. The number of anilines is 1. The van der Waals surface area contributed by atoms with Gasteiger partial charge in [-0.3, -0.25) is 4.79 Å². The highest BCUT2D eigenvalue weighted by Gasteiger charge is 2.24. The topological polar surface area (TPSA) is 68.5 Å². The van der Waals surface area contributed by atoms with E-state index in [4.69, 9.17) is 20.9 Å². The van der Waals surface area contributed by atoms with E-state index in [2.05, 4.69) is 10.1 Å². The second-order valence-electron chi connectivity index (χ2n) is 5.80. The number of rotatable bonds is 5. The molecule has 3 rings (SSSR count). The average molecular weight is 336 g/mol. The Hall–Kier alpha value is -2.08. The summed E-state index contributed by atoms with van der Waals surface area (Å²) in [7, 11) is 1.67. The second kappa shape index (κ2) is 6.20. The molecule has 6 nitrogen and oxygen atoms in total. The number of carbonyl (C=O) groups is 1. The van der Waals surface area contributed by atoms with E-state index in [1.165, 1.54) is 23.9 Å². The lowest BCUT2D eigenvalue weighted by Gasteiger charge is -2.17. The van der Waals surface area contributed by atoms with E-state index in [0.29, 0.717) is 46.1 Å². The molecule has 2 aromatic heterocycles. The third-order valence-electron chi connectivity index (χ3n) is 3.84. The van der Waals surface area contributed by atoms with Crippen LogP contribution in [0, 0.1) is 19.8 Å². The molecular formula is C16H18ClN3O3. The standard InChI is InChI=1S/C16H18ClN3O3/c1-9-14(10(2)23-19-9)20(3)16(21)12-6-13(17)15(18-7-12)22-8-11-4-5-11/h6-7,11H,4-5,8H2,1-3H3. The van der Waals surface area contributed by atoms with Crippen molar-refractivity contribution in [2.24, 2.45) is 5.92 Å². The zero-order valence-corrected chi connectivity index (χ0v) is 14.1. The highest BCUT2D eigenvalue weighted by atomic mass is 35.5. The van der Waals surface area contributed by atoms with Gasteiger partial charge in [-0.05, 0) is 38.7 Å². The molecule has 122 valence electrons. The van der Waals surface area contributed by atoms with Crippen molar-refractivity contribution in [1.82, 2.24) is 10.1 Å². The summed E-state index contributed by atoms with van der Waals surface area (Å²) in [5.74, 6) is 1.33. The van der Waals surface area contributed by atoms with Gasteiger partial charge in [0.15, 0.2) is 5.76 Å². The fourth-order valence-electron chi connectivity index (χ4n) is 2.38. The molecule has 0 aromatic carbocycles. The number of halogens is 1. The van der Waals surface area contributed by atoms with Gasteiger partial charge in [0, 0.05) is 13.2 Å². The molecule has 0 aliphatic heterocycles. The average Bonchev–Trinajstić information content (AvgIpc) is 3.29. The van der Waals surface area contributed by atoms with Gasteiger partial charge in [0.2, 0.25) is 5.88 Å². The van der Waals surface area contributed by atoms with Crippen molar-refractivity contribution in [3.63, 3.8) is 0 Å². The van der Waals surface area contributed by atoms with E-state index in [1.807, 2.05) is 0 Å². The monoisotopic (exact) mass is 335 g/mol. The summed E-state index contributed by atoms with van der Waals surface area (Å²) in [6.07, 6.45) is 3.86. The summed E-state index contributed by atoms with van der Waals surface area (Å²) in [5.41, 5.74) is 1.69. The number of pyridine rings is 1. The SMILES string of the molecule is Cc1noc(C)c1N(C)C(=O)c1cnc(OCC2CC2)c(Cl)c1. The molecule has 2 aromatic rings. The van der Waals surface area contributed by atoms with E-state index < -0.39 is 0 Å². The second-order valence-corrected chi connectivity index (χ2v) is 6.21. The zero-order valence-electron chi connectivity index (χ0n) is 13.3. The van der Waals surface area contributed by atoms with Crippen LogP contribution in [0.3, 0.4) is 0 Å². The largest absolute Gasteiger partial charge is 0.476 e. The Morgan fingerprint density at radius 1 is 1.48 bits per heavy atom. The highest BCUT2D eigenvalue weighted by Crippen LogP contribution is 2.31. The molecule has 1 saturated carbocycles. The summed E-state index contributed by atoms with van der Waals surface area (Å²) in [4.78, 5) is 18.3. The van der Waals surface area contributed by atoms with E-state index in [9.17, 15) is 4.79 Å². The number of nitrogens with zero attached hydrogens (tertiary/aromatic N) is 3. The normalized spacial score (nSPS) is 13.9. The molecule has 1 aliphatic rings. The molecule has 23 heavy (non-hydrogen) atoms. The molecule has 7 heteroatoms. The Morgan fingerprint density at radius 2 is 2.22 bits per heavy atom. The van der Waals surface area contributed by atoms with Crippen LogP contribution in [0.15, 0.2) is 16.8 Å². The fraction of sp³-hybridized carbons (Fsp3) is 0.438. The first-order valence-electron chi connectivity index (χ1n) is 7.46. The number of hydrogen-bond acceptors (Lipinski definition) is 5. The lowest BCUT2D eigenvalue weighted by atomic mass is 10.2. The Morgan fingerprint density at radius 3 is 2.78 bits per heavy atom. The van der Waals surface area contributed by atoms with Crippen molar-refractivity contribution < 1.29 is 14.1 Å². The number of amides is 1. The van der Waals surface area contributed by atoms with Crippen molar-refractivity contribution in [2.75, 3.05) is 18.6 Å². The number of hydrogen-bond donors (Lipinski definition) is 0. The summed E-state index contributed by atoms with van der Waals surface area (Å²) in [6.45, 7) is 4.17. The van der Waals surface area contributed by atoms with Crippen LogP contribution in [-0.4, -0.2) is 29.7 Å². The highest BCUT2D eigenvalue weighted by molar-refractivity contribution is 6.32. The van der Waals surface area contributed by atoms with Gasteiger partial charge in [-0.25, -0.2) is 4.98 Å². The summed E-state index contributed by atoms with van der Waals surface area (Å²) >= 11 is 6.18. The van der Waals surface area contributed by atoms with Crippen LogP contribution in [0.5, 0.6) is 5.88 Å². The van der Waals surface area contributed by atoms with Crippen molar-refractivity contribution in [3.8, 4) is 5.88 Å². The Bertz CT molecular complexity index is 721. The van der Waals surface area contributed by atoms with Gasteiger partial charge in [-0.2, -0.15) is 0 Å². The van der Waals surface area contributed by atoms with E-state index in [0.717, 1.165) is 0 Å². The summed E-state index contributed by atoms with van der Waals surface area (Å²) in [5, 5.41) is 4.20. The molecule has 0 radical (unpaired) electrons. The molecule has 1 fully saturated rings. The van der Waals surface area contributed by atoms with E-state index in [1.54, 1.807) is 27.0 Å². The molecule has 1 aliphatic carbocycles. The van der Waals surface area contributed by atoms with Gasteiger partial charge in [-0.15, -0.1) is 0 Å². The Labute approximate surface area is 139 Å². The molecule has 0 bridgehead atoms. The minimum absolute atomic E-state index is 0.234. The smallest absolute Gasteiger partial charge is 0.259 e. The van der Waals surface area contributed by atoms with E-state index in [-0.39, 0.29) is 5.91 Å². The lowest BCUT2D eigenvalue weighted by Crippen LogP contribution is -2.27. The van der Waals surface area contributed by atoms with Crippen LogP contribution in [0.4, 0.5) is 5.69 Å². The minimum atomic E-state index is -0.234. The van der Waals surface area contributed by atoms with Gasteiger partial charge >= 0.3 is 0 Å². The summed E-state index contributed by atoms with van der Waals surface area (Å²) in [6, 6.07) is 1.58. The maximum Gasteiger partial charge on any atom is 0.259 e. The molecule has 0 atom stereocenters. The van der Waals surface area contributed by atoms with Crippen LogP contribution in [0.25, 0.3) is 0 Å². The van der Waals surface area contributed by atoms with Gasteiger partial charge in [0.25, 0.3) is 5.91 Å². The van der Waals surface area contributed by atoms with Crippen molar-refractivity contribution in [3.05, 3.63) is 34.3 Å². The van der Waals surface area contributed by atoms with Crippen LogP contribution < -0.4 is 9.64 Å². The van der Waals surface area contributed by atoms with Crippen molar-refractivity contribution >= 4 is 23.2 Å². The fourth-order valence-corrected chi connectivity index (χ4v) is 2.60. The van der Waals surface area contributed by atoms with Crippen molar-refractivity contribution in [2.45, 2.75) is 26.7 Å². The molecule has 2 heterocycles. The minimum Gasteiger partial charge on any atom is -0.476 e. The quantitative estimate of drug-likeness (QED) is 0.837. The maximum atomic E-state index is 12.6. The molecule has 1 amide bonds. The van der Waals surface area contributed by atoms with Gasteiger partial charge in [0.05, 0.1) is 12.2 Å². The van der Waals surface area contributed by atoms with E-state index >= 15 is 0 Å². The van der Waals surface area contributed by atoms with Crippen LogP contribution in [0.1, 0.15) is 34.7 Å². The number of aryl methyl sites for hydroxylation is 2. The first-order valence-corrected chi connectivity index (χ1v) is 7.84. The Kier molecular flexibility index (Phi) is 4.26. The summed E-state index contributed by atoms with van der Waals surface area (Å²) < 4.78 is 10.7. The number of carbonyl (C=O) groups excluding carboxylic acids is 1. The van der Waals surface area contributed by atoms with Crippen molar-refractivity contribution in [1.29, 1.82) is 0 Å². The first-order chi connectivity index (χ1) is 11.0. The van der Waals surface area contributed by atoms with Gasteiger partial charge in [-0.1, -0.05) is 16.8 Å². The molecule has 0 saturated heterocycles. The van der Waals surface area contributed by atoms with Gasteiger partial charge in [0.1, 0.15) is 16.4 Å². The third-order valence-corrected chi connectivity index (χ3v) is 4.11. The number of ether oxygens (including phenoxy) is 1. The van der Waals surface area contributed by atoms with Gasteiger partial charge < -0.3 is 14.2 Å². The lowest BCUT2D eigenvalue weighted by molar-refractivity contribution is 0.0992. The van der Waals surface area contributed by atoms with Crippen LogP contribution >= 0.6 is 11.6 Å². The zero-order chi connectivity index (χ0) is 16.6. The molecule has 0 unspecified atom stereocenters. The molecule has 0 spiro atoms. The predicted molar refractivity (Wildman–Crippen MR) is 86.2 cm³/mol. The molecule has 0 N–H and O–H groups in total. The third kappa shape index (κ3) is 3.32. The Balaban J connectivity index is 1.77.